The Balaban J connectivity index is 1.89. The lowest BCUT2D eigenvalue weighted by Crippen LogP contribution is -2.33. The van der Waals surface area contributed by atoms with Gasteiger partial charge in [-0.25, -0.2) is 4.39 Å². The lowest BCUT2D eigenvalue weighted by Gasteiger charge is -2.22. The molecule has 2 heteroatoms. The van der Waals surface area contributed by atoms with Crippen molar-refractivity contribution in [3.8, 4) is 0 Å². The molecule has 1 aliphatic carbocycles. The molecule has 0 spiro atoms. The summed E-state index contributed by atoms with van der Waals surface area (Å²) in [4.78, 5) is 0. The fourth-order valence-electron chi connectivity index (χ4n) is 3.14. The number of halogens is 1. The van der Waals surface area contributed by atoms with E-state index in [0.29, 0.717) is 6.04 Å². The molecule has 1 saturated carbocycles. The van der Waals surface area contributed by atoms with Crippen LogP contribution >= 0.6 is 0 Å². The van der Waals surface area contributed by atoms with E-state index in [0.717, 1.165) is 18.9 Å². The van der Waals surface area contributed by atoms with Crippen LogP contribution in [0.15, 0.2) is 24.3 Å². The summed E-state index contributed by atoms with van der Waals surface area (Å²) >= 11 is 0. The summed E-state index contributed by atoms with van der Waals surface area (Å²) in [6.45, 7) is 3.29. The largest absolute Gasteiger partial charge is 0.314 e. The van der Waals surface area contributed by atoms with E-state index in [-0.39, 0.29) is 5.82 Å². The number of hydrogen-bond donors (Lipinski definition) is 1. The van der Waals surface area contributed by atoms with Gasteiger partial charge in [0.25, 0.3) is 0 Å². The van der Waals surface area contributed by atoms with Gasteiger partial charge >= 0.3 is 0 Å². The second kappa shape index (κ2) is 7.64. The number of benzene rings is 1. The fraction of sp³-hybridized carbons (Fsp3) is 0.647. The Labute approximate surface area is 116 Å². The van der Waals surface area contributed by atoms with Crippen LogP contribution in [0.3, 0.4) is 0 Å². The topological polar surface area (TPSA) is 12.0 Å². The van der Waals surface area contributed by atoms with Gasteiger partial charge in [-0.05, 0) is 49.4 Å². The van der Waals surface area contributed by atoms with Crippen molar-refractivity contribution >= 4 is 0 Å². The molecule has 1 nitrogen and oxygen atoms in total. The van der Waals surface area contributed by atoms with Crippen LogP contribution in [-0.4, -0.2) is 12.6 Å². The van der Waals surface area contributed by atoms with Crippen molar-refractivity contribution in [2.24, 2.45) is 5.92 Å². The van der Waals surface area contributed by atoms with Gasteiger partial charge in [0.15, 0.2) is 0 Å². The standard InChI is InChI=1S/C17H26FN/c1-2-11-19-17(12-14-5-3-4-6-14)13-15-7-9-16(18)10-8-15/h7-10,14,17,19H,2-6,11-13H2,1H3. The van der Waals surface area contributed by atoms with Gasteiger partial charge in [0, 0.05) is 6.04 Å². The van der Waals surface area contributed by atoms with Gasteiger partial charge in [0.05, 0.1) is 0 Å². The summed E-state index contributed by atoms with van der Waals surface area (Å²) in [6.07, 6.45) is 9.07. The first-order valence-electron chi connectivity index (χ1n) is 7.75. The maximum absolute atomic E-state index is 12.9. The van der Waals surface area contributed by atoms with E-state index in [4.69, 9.17) is 0 Å². The van der Waals surface area contributed by atoms with Gasteiger partial charge in [-0.15, -0.1) is 0 Å². The molecule has 0 saturated heterocycles. The van der Waals surface area contributed by atoms with E-state index in [1.54, 1.807) is 12.1 Å². The molecule has 0 radical (unpaired) electrons. The zero-order valence-corrected chi connectivity index (χ0v) is 12.0. The van der Waals surface area contributed by atoms with E-state index >= 15 is 0 Å². The van der Waals surface area contributed by atoms with Crippen molar-refractivity contribution in [1.29, 1.82) is 0 Å². The summed E-state index contributed by atoms with van der Waals surface area (Å²) in [5.41, 5.74) is 1.24. The molecule has 0 aliphatic heterocycles. The highest BCUT2D eigenvalue weighted by atomic mass is 19.1. The summed E-state index contributed by atoms with van der Waals surface area (Å²) < 4.78 is 12.9. The molecular weight excluding hydrogens is 237 g/mol. The third kappa shape index (κ3) is 4.94. The van der Waals surface area contributed by atoms with Gasteiger partial charge < -0.3 is 5.32 Å². The SMILES string of the molecule is CCCNC(Cc1ccc(F)cc1)CC1CCCC1. The average molecular weight is 263 g/mol. The molecule has 0 aromatic heterocycles. The molecule has 1 aliphatic rings. The minimum atomic E-state index is -0.141. The number of hydrogen-bond acceptors (Lipinski definition) is 1. The molecule has 1 fully saturated rings. The van der Waals surface area contributed by atoms with Gasteiger partial charge in [0.2, 0.25) is 0 Å². The summed E-state index contributed by atoms with van der Waals surface area (Å²) in [5.74, 6) is 0.757. The second-order valence-electron chi connectivity index (χ2n) is 5.87. The first-order chi connectivity index (χ1) is 9.28. The number of rotatable bonds is 7. The van der Waals surface area contributed by atoms with Crippen molar-refractivity contribution in [2.45, 2.75) is 57.9 Å². The van der Waals surface area contributed by atoms with Crippen LogP contribution in [0.5, 0.6) is 0 Å². The monoisotopic (exact) mass is 263 g/mol. The second-order valence-corrected chi connectivity index (χ2v) is 5.87. The Morgan fingerprint density at radius 3 is 2.53 bits per heavy atom. The highest BCUT2D eigenvalue weighted by Gasteiger charge is 2.20. The molecule has 0 bridgehead atoms. The Morgan fingerprint density at radius 2 is 1.89 bits per heavy atom. The Bertz CT molecular complexity index is 354. The van der Waals surface area contributed by atoms with Crippen LogP contribution in [0.4, 0.5) is 4.39 Å². The smallest absolute Gasteiger partial charge is 0.123 e. The minimum absolute atomic E-state index is 0.141. The maximum Gasteiger partial charge on any atom is 0.123 e. The van der Waals surface area contributed by atoms with E-state index in [1.807, 2.05) is 12.1 Å². The zero-order valence-electron chi connectivity index (χ0n) is 12.0. The van der Waals surface area contributed by atoms with Crippen LogP contribution < -0.4 is 5.32 Å². The molecule has 19 heavy (non-hydrogen) atoms. The zero-order chi connectivity index (χ0) is 13.5. The lowest BCUT2D eigenvalue weighted by molar-refractivity contribution is 0.385. The maximum atomic E-state index is 12.9. The van der Waals surface area contributed by atoms with Crippen molar-refractivity contribution in [3.05, 3.63) is 35.6 Å². The van der Waals surface area contributed by atoms with Crippen LogP contribution in [0, 0.1) is 11.7 Å². The van der Waals surface area contributed by atoms with E-state index < -0.39 is 0 Å². The Morgan fingerprint density at radius 1 is 1.21 bits per heavy atom. The van der Waals surface area contributed by atoms with Crippen molar-refractivity contribution < 1.29 is 4.39 Å². The summed E-state index contributed by atoms with van der Waals surface area (Å²) in [6, 6.07) is 7.53. The molecule has 1 aromatic carbocycles. The average Bonchev–Trinajstić information content (AvgIpc) is 2.91. The summed E-state index contributed by atoms with van der Waals surface area (Å²) in [5, 5.41) is 3.67. The van der Waals surface area contributed by atoms with Crippen molar-refractivity contribution in [3.63, 3.8) is 0 Å². The van der Waals surface area contributed by atoms with E-state index in [9.17, 15) is 4.39 Å². The first kappa shape index (κ1) is 14.5. The van der Waals surface area contributed by atoms with Crippen molar-refractivity contribution in [1.82, 2.24) is 5.32 Å². The molecule has 1 unspecified atom stereocenters. The van der Waals surface area contributed by atoms with Gasteiger partial charge in [-0.3, -0.25) is 0 Å². The normalized spacial score (nSPS) is 17.8. The third-order valence-corrected chi connectivity index (χ3v) is 4.17. The number of nitrogens with one attached hydrogen (secondary N) is 1. The molecule has 106 valence electrons. The molecule has 1 aromatic rings. The highest BCUT2D eigenvalue weighted by molar-refractivity contribution is 5.17. The van der Waals surface area contributed by atoms with Gasteiger partial charge in [0.1, 0.15) is 5.82 Å². The molecule has 2 rings (SSSR count). The minimum Gasteiger partial charge on any atom is -0.314 e. The molecule has 0 amide bonds. The van der Waals surface area contributed by atoms with E-state index in [1.165, 1.54) is 44.1 Å². The molecular formula is C17H26FN. The van der Waals surface area contributed by atoms with Gasteiger partial charge in [-0.1, -0.05) is 44.7 Å². The van der Waals surface area contributed by atoms with Crippen LogP contribution in [0.25, 0.3) is 0 Å². The predicted octanol–water partition coefficient (Wildman–Crippen LogP) is 4.32. The quantitative estimate of drug-likeness (QED) is 0.772. The van der Waals surface area contributed by atoms with E-state index in [2.05, 4.69) is 12.2 Å². The lowest BCUT2D eigenvalue weighted by atomic mass is 9.94. The van der Waals surface area contributed by atoms with Crippen LogP contribution in [-0.2, 0) is 6.42 Å². The Kier molecular flexibility index (Phi) is 5.84. The third-order valence-electron chi connectivity index (χ3n) is 4.17. The molecule has 0 heterocycles. The van der Waals surface area contributed by atoms with Crippen LogP contribution in [0.2, 0.25) is 0 Å². The Hall–Kier alpha value is -0.890. The first-order valence-corrected chi connectivity index (χ1v) is 7.75. The van der Waals surface area contributed by atoms with Gasteiger partial charge in [-0.2, -0.15) is 0 Å². The van der Waals surface area contributed by atoms with Crippen LogP contribution in [0.1, 0.15) is 51.0 Å². The highest BCUT2D eigenvalue weighted by Crippen LogP contribution is 2.29. The molecule has 1 atom stereocenters. The van der Waals surface area contributed by atoms with Crippen molar-refractivity contribution in [2.75, 3.05) is 6.54 Å². The summed E-state index contributed by atoms with van der Waals surface area (Å²) in [7, 11) is 0. The fourth-order valence-corrected chi connectivity index (χ4v) is 3.14. The molecule has 1 N–H and O–H groups in total. The predicted molar refractivity (Wildman–Crippen MR) is 78.8 cm³/mol.